The lowest BCUT2D eigenvalue weighted by Gasteiger charge is -2.37. The molecule has 0 aromatic heterocycles. The molecule has 1 unspecified atom stereocenters. The Hall–Kier alpha value is -0.630. The molecule has 0 saturated heterocycles. The summed E-state index contributed by atoms with van der Waals surface area (Å²) in [7, 11) is 0. The zero-order valence-corrected chi connectivity index (χ0v) is 19.4. The summed E-state index contributed by atoms with van der Waals surface area (Å²) in [6.07, 6.45) is -1.09. The van der Waals surface area contributed by atoms with Crippen molar-refractivity contribution < 1.29 is 18.9 Å². The molecule has 0 radical (unpaired) electrons. The van der Waals surface area contributed by atoms with Crippen LogP contribution in [0.15, 0.2) is 24.3 Å². The first kappa shape index (κ1) is 24.4. The van der Waals surface area contributed by atoms with Crippen molar-refractivity contribution >= 4 is 36.5 Å². The summed E-state index contributed by atoms with van der Waals surface area (Å²) in [6.45, 7) is 10.1. The van der Waals surface area contributed by atoms with Gasteiger partial charge in [0.15, 0.2) is 0 Å². The van der Waals surface area contributed by atoms with Gasteiger partial charge in [-0.3, -0.25) is 0 Å². The molecule has 1 aromatic carbocycles. The number of amides is 1. The third kappa shape index (κ3) is 7.37. The third-order valence-electron chi connectivity index (χ3n) is 3.62. The monoisotopic (exact) mass is 434 g/mol. The van der Waals surface area contributed by atoms with E-state index in [0.29, 0.717) is 19.1 Å². The van der Waals surface area contributed by atoms with E-state index >= 15 is 0 Å². The fourth-order valence-corrected chi connectivity index (χ4v) is 7.39. The van der Waals surface area contributed by atoms with Gasteiger partial charge in [0, 0.05) is 6.04 Å². The van der Waals surface area contributed by atoms with Gasteiger partial charge in [-0.2, -0.15) is 4.08 Å². The van der Waals surface area contributed by atoms with Crippen LogP contribution in [-0.4, -0.2) is 34.5 Å². The van der Waals surface area contributed by atoms with Crippen molar-refractivity contribution in [3.63, 3.8) is 0 Å². The first-order valence-corrected chi connectivity index (χ1v) is 12.5. The van der Waals surface area contributed by atoms with Crippen molar-refractivity contribution in [2.24, 2.45) is 0 Å². The van der Waals surface area contributed by atoms with E-state index in [4.69, 9.17) is 20.9 Å². The van der Waals surface area contributed by atoms with Gasteiger partial charge in [-0.25, -0.2) is 4.79 Å². The first-order valence-electron chi connectivity index (χ1n) is 9.09. The Morgan fingerprint density at radius 1 is 1.22 bits per heavy atom. The molecule has 0 bridgehead atoms. The zero-order valence-electron chi connectivity index (χ0n) is 16.8. The first-order chi connectivity index (χ1) is 12.6. The van der Waals surface area contributed by atoms with Crippen LogP contribution < -0.4 is 5.32 Å². The van der Waals surface area contributed by atoms with E-state index in [9.17, 15) is 9.90 Å². The van der Waals surface area contributed by atoms with Crippen molar-refractivity contribution in [2.75, 3.05) is 13.2 Å². The summed E-state index contributed by atoms with van der Waals surface area (Å²) in [4.78, 5) is 11.4. The number of nitrogens with zero attached hydrogens (tertiary/aromatic N) is 1. The summed E-state index contributed by atoms with van der Waals surface area (Å²) in [5.74, 6) is 0.346. The number of carbonyl (C=O) groups is 1. The quantitative estimate of drug-likeness (QED) is 0.262. The molecule has 0 saturated carbocycles. The topological polar surface area (TPSA) is 71.0 Å². The molecular formula is C18H31N2O4PS2. The standard InChI is InChI=1S/C18H31N2O4PS2/c1-7-23-25(26,24-8-2)20(14(5)6)27-17(19-18(21)22)16-11-9-10-15(12-16)13(3)4/h9-14,17,19H,7-8H2,1-6H3,(H,21,22). The second kappa shape index (κ2) is 11.4. The minimum atomic E-state index is -2.74. The average molecular weight is 435 g/mol. The molecule has 0 aliphatic carbocycles. The third-order valence-corrected chi connectivity index (χ3v) is 9.37. The molecule has 1 amide bonds. The Morgan fingerprint density at radius 2 is 1.78 bits per heavy atom. The summed E-state index contributed by atoms with van der Waals surface area (Å²) < 4.78 is 13.6. The van der Waals surface area contributed by atoms with Gasteiger partial charge in [-0.05, 0) is 68.5 Å². The fourth-order valence-electron chi connectivity index (χ4n) is 2.41. The lowest BCUT2D eigenvalue weighted by Crippen LogP contribution is -2.31. The van der Waals surface area contributed by atoms with Gasteiger partial charge in [-0.1, -0.05) is 38.1 Å². The van der Waals surface area contributed by atoms with Crippen LogP contribution in [-0.2, 0) is 20.9 Å². The van der Waals surface area contributed by atoms with Crippen molar-refractivity contribution in [1.82, 2.24) is 9.39 Å². The number of carboxylic acid groups (broad SMARTS) is 1. The van der Waals surface area contributed by atoms with Gasteiger partial charge in [0.25, 0.3) is 6.64 Å². The number of nitrogens with one attached hydrogen (secondary N) is 1. The van der Waals surface area contributed by atoms with Gasteiger partial charge in [0.1, 0.15) is 5.37 Å². The Morgan fingerprint density at radius 3 is 2.22 bits per heavy atom. The molecule has 0 fully saturated rings. The highest BCUT2D eigenvalue weighted by Gasteiger charge is 2.34. The summed E-state index contributed by atoms with van der Waals surface area (Å²) in [5, 5.41) is 11.4. The van der Waals surface area contributed by atoms with Crippen LogP contribution in [0, 0.1) is 0 Å². The number of benzene rings is 1. The molecule has 0 aliphatic heterocycles. The van der Waals surface area contributed by atoms with Crippen LogP contribution >= 0.6 is 18.6 Å². The van der Waals surface area contributed by atoms with Crippen molar-refractivity contribution in [3.05, 3.63) is 35.4 Å². The maximum atomic E-state index is 11.4. The molecule has 0 aliphatic rings. The van der Waals surface area contributed by atoms with Gasteiger partial charge >= 0.3 is 6.09 Å². The molecule has 1 rings (SSSR count). The van der Waals surface area contributed by atoms with Gasteiger partial charge in [-0.15, -0.1) is 0 Å². The van der Waals surface area contributed by atoms with Crippen molar-refractivity contribution in [2.45, 2.75) is 58.9 Å². The number of rotatable bonds is 11. The van der Waals surface area contributed by atoms with E-state index in [2.05, 4.69) is 19.2 Å². The largest absolute Gasteiger partial charge is 0.465 e. The second-order valence-corrected chi connectivity index (χ2v) is 11.1. The molecule has 27 heavy (non-hydrogen) atoms. The number of hydrogen-bond acceptors (Lipinski definition) is 5. The van der Waals surface area contributed by atoms with E-state index in [1.54, 1.807) is 0 Å². The smallest absolute Gasteiger partial charge is 0.405 e. The molecule has 1 aromatic rings. The Bertz CT molecular complexity index is 648. The van der Waals surface area contributed by atoms with E-state index < -0.39 is 18.1 Å². The Kier molecular flexibility index (Phi) is 10.3. The molecule has 0 spiro atoms. The lowest BCUT2D eigenvalue weighted by atomic mass is 10.0. The van der Waals surface area contributed by atoms with Gasteiger partial charge < -0.3 is 19.5 Å². The van der Waals surface area contributed by atoms with Gasteiger partial charge in [0.05, 0.1) is 13.2 Å². The summed E-state index contributed by atoms with van der Waals surface area (Å²) >= 11 is 7.07. The highest BCUT2D eigenvalue weighted by atomic mass is 32.5. The minimum Gasteiger partial charge on any atom is -0.465 e. The SMILES string of the molecule is CCOP(=S)(OCC)N(SC(NC(=O)O)c1cccc(C(C)C)c1)C(C)C. The van der Waals surface area contributed by atoms with Crippen molar-refractivity contribution in [3.8, 4) is 0 Å². The molecular weight excluding hydrogens is 403 g/mol. The zero-order chi connectivity index (χ0) is 20.6. The predicted octanol–water partition coefficient (Wildman–Crippen LogP) is 5.73. The number of hydrogen-bond donors (Lipinski definition) is 2. The van der Waals surface area contributed by atoms with Crippen LogP contribution in [0.2, 0.25) is 0 Å². The van der Waals surface area contributed by atoms with Gasteiger partial charge in [0.2, 0.25) is 0 Å². The highest BCUT2D eigenvalue weighted by Crippen LogP contribution is 2.59. The van der Waals surface area contributed by atoms with Crippen LogP contribution in [0.1, 0.15) is 64.0 Å². The maximum absolute atomic E-state index is 11.4. The normalized spacial score (nSPS) is 13.4. The molecule has 154 valence electrons. The predicted molar refractivity (Wildman–Crippen MR) is 117 cm³/mol. The summed E-state index contributed by atoms with van der Waals surface area (Å²) in [5.41, 5.74) is 2.02. The Balaban J connectivity index is 3.27. The van der Waals surface area contributed by atoms with E-state index in [1.165, 1.54) is 11.9 Å². The molecule has 2 N–H and O–H groups in total. The highest BCUT2D eigenvalue weighted by molar-refractivity contribution is 8.15. The summed E-state index contributed by atoms with van der Waals surface area (Å²) in [6, 6.07) is 7.94. The van der Waals surface area contributed by atoms with E-state index in [1.807, 2.05) is 56.0 Å². The maximum Gasteiger partial charge on any atom is 0.405 e. The molecule has 9 heteroatoms. The van der Waals surface area contributed by atoms with Crippen LogP contribution in [0.25, 0.3) is 0 Å². The minimum absolute atomic E-state index is 0.00492. The van der Waals surface area contributed by atoms with Crippen LogP contribution in [0.4, 0.5) is 4.79 Å². The molecule has 6 nitrogen and oxygen atoms in total. The lowest BCUT2D eigenvalue weighted by molar-refractivity contribution is 0.193. The second-order valence-electron chi connectivity index (χ2n) is 6.46. The van der Waals surface area contributed by atoms with E-state index in [0.717, 1.165) is 11.1 Å². The fraction of sp³-hybridized carbons (Fsp3) is 0.611. The molecule has 1 atom stereocenters. The molecule has 0 heterocycles. The van der Waals surface area contributed by atoms with Crippen molar-refractivity contribution in [1.29, 1.82) is 0 Å². The van der Waals surface area contributed by atoms with E-state index in [-0.39, 0.29) is 6.04 Å². The Labute approximate surface area is 172 Å². The van der Waals surface area contributed by atoms with Crippen LogP contribution in [0.3, 0.4) is 0 Å². The average Bonchev–Trinajstić information content (AvgIpc) is 2.58. The van der Waals surface area contributed by atoms with Crippen LogP contribution in [0.5, 0.6) is 0 Å².